The fraction of sp³-hybridized carbons (Fsp3) is 0.588. The van der Waals surface area contributed by atoms with Gasteiger partial charge in [0, 0.05) is 13.6 Å². The van der Waals surface area contributed by atoms with Gasteiger partial charge in [0.25, 0.3) is 0 Å². The topological polar surface area (TPSA) is 45.7 Å². The monoisotopic (exact) mass is 415 g/mol. The fourth-order valence-electron chi connectivity index (χ4n) is 3.24. The largest absolute Gasteiger partial charge is 0.373 e. The van der Waals surface area contributed by atoms with Crippen molar-refractivity contribution in [3.63, 3.8) is 0 Å². The molecule has 2 saturated heterocycles. The van der Waals surface area contributed by atoms with Crippen molar-refractivity contribution in [1.29, 1.82) is 0 Å². The van der Waals surface area contributed by atoms with Crippen LogP contribution in [-0.4, -0.2) is 37.8 Å². The van der Waals surface area contributed by atoms with Gasteiger partial charge in [-0.2, -0.15) is 0 Å². The average molecular weight is 415 g/mol. The van der Waals surface area contributed by atoms with Crippen LogP contribution in [0.2, 0.25) is 0 Å². The molecule has 2 fully saturated rings. The standard InChI is InChI=1S/C17H25N3O.HI/c1-12-3-5-13(6-4-12)9-10-19-17(18-2)20-15-11-14-7-8-16(15)21-14;/h3-6,14-16H,7-11H2,1-2H3,(H2,18,19,20);1H. The Bertz CT molecular complexity index is 503. The number of rotatable bonds is 4. The number of ether oxygens (including phenoxy) is 1. The maximum atomic E-state index is 5.87. The predicted molar refractivity (Wildman–Crippen MR) is 101 cm³/mol. The minimum Gasteiger partial charge on any atom is -0.373 e. The number of hydrogen-bond donors (Lipinski definition) is 2. The molecule has 0 saturated carbocycles. The molecule has 0 spiro atoms. The Balaban J connectivity index is 0.00000176. The number of guanidine groups is 1. The van der Waals surface area contributed by atoms with Crippen molar-refractivity contribution in [1.82, 2.24) is 10.6 Å². The van der Waals surface area contributed by atoms with Crippen molar-refractivity contribution in [3.8, 4) is 0 Å². The van der Waals surface area contributed by atoms with Gasteiger partial charge in [0.1, 0.15) is 0 Å². The normalized spacial score (nSPS) is 26.6. The molecule has 5 heteroatoms. The maximum absolute atomic E-state index is 5.87. The molecule has 2 aliphatic rings. The van der Waals surface area contributed by atoms with Gasteiger partial charge in [-0.1, -0.05) is 29.8 Å². The van der Waals surface area contributed by atoms with Gasteiger partial charge < -0.3 is 15.4 Å². The Morgan fingerprint density at radius 3 is 2.64 bits per heavy atom. The molecule has 2 heterocycles. The third-order valence-corrected chi connectivity index (χ3v) is 4.48. The molecule has 1 aromatic rings. The lowest BCUT2D eigenvalue weighted by atomic mass is 9.96. The third kappa shape index (κ3) is 4.35. The van der Waals surface area contributed by atoms with Crippen LogP contribution in [0.3, 0.4) is 0 Å². The van der Waals surface area contributed by atoms with Gasteiger partial charge in [0.05, 0.1) is 18.2 Å². The van der Waals surface area contributed by atoms with Crippen LogP contribution >= 0.6 is 24.0 Å². The van der Waals surface area contributed by atoms with E-state index in [9.17, 15) is 0 Å². The van der Waals surface area contributed by atoms with E-state index in [1.54, 1.807) is 0 Å². The van der Waals surface area contributed by atoms with E-state index in [0.717, 1.165) is 25.3 Å². The second-order valence-electron chi connectivity index (χ2n) is 6.10. The summed E-state index contributed by atoms with van der Waals surface area (Å²) in [5.74, 6) is 0.892. The molecular formula is C17H26IN3O. The van der Waals surface area contributed by atoms with Crippen LogP contribution in [0, 0.1) is 6.92 Å². The first kappa shape index (κ1) is 17.5. The van der Waals surface area contributed by atoms with E-state index in [2.05, 4.69) is 46.8 Å². The molecule has 1 aromatic carbocycles. The fourth-order valence-corrected chi connectivity index (χ4v) is 3.24. The van der Waals surface area contributed by atoms with Crippen molar-refractivity contribution in [3.05, 3.63) is 35.4 Å². The summed E-state index contributed by atoms with van der Waals surface area (Å²) in [7, 11) is 1.83. The first-order chi connectivity index (χ1) is 10.2. The average Bonchev–Trinajstić information content (AvgIpc) is 3.11. The molecule has 2 N–H and O–H groups in total. The molecule has 2 bridgehead atoms. The van der Waals surface area contributed by atoms with Gasteiger partial charge in [-0.25, -0.2) is 0 Å². The summed E-state index contributed by atoms with van der Waals surface area (Å²) in [5, 5.41) is 6.91. The quantitative estimate of drug-likeness (QED) is 0.452. The Morgan fingerprint density at radius 2 is 2.05 bits per heavy atom. The Morgan fingerprint density at radius 1 is 1.27 bits per heavy atom. The Kier molecular flexibility index (Phi) is 6.50. The minimum atomic E-state index is 0. The molecule has 3 unspecified atom stereocenters. The van der Waals surface area contributed by atoms with E-state index in [-0.39, 0.29) is 24.0 Å². The maximum Gasteiger partial charge on any atom is 0.191 e. The third-order valence-electron chi connectivity index (χ3n) is 4.48. The molecule has 22 heavy (non-hydrogen) atoms. The molecule has 0 aromatic heterocycles. The highest BCUT2D eigenvalue weighted by Gasteiger charge is 2.40. The number of nitrogens with one attached hydrogen (secondary N) is 2. The molecule has 2 aliphatic heterocycles. The lowest BCUT2D eigenvalue weighted by Crippen LogP contribution is -2.47. The lowest BCUT2D eigenvalue weighted by Gasteiger charge is -2.22. The van der Waals surface area contributed by atoms with E-state index < -0.39 is 0 Å². The summed E-state index contributed by atoms with van der Waals surface area (Å²) in [4.78, 5) is 4.32. The van der Waals surface area contributed by atoms with E-state index in [4.69, 9.17) is 4.74 Å². The summed E-state index contributed by atoms with van der Waals surface area (Å²) < 4.78 is 5.87. The molecule has 0 amide bonds. The van der Waals surface area contributed by atoms with E-state index in [1.165, 1.54) is 24.0 Å². The van der Waals surface area contributed by atoms with Crippen LogP contribution in [0.1, 0.15) is 30.4 Å². The molecule has 0 aliphatic carbocycles. The predicted octanol–water partition coefficient (Wildman–Crippen LogP) is 2.64. The van der Waals surface area contributed by atoms with E-state index in [1.807, 2.05) is 7.05 Å². The van der Waals surface area contributed by atoms with Gasteiger partial charge in [-0.3, -0.25) is 4.99 Å². The van der Waals surface area contributed by atoms with Gasteiger partial charge >= 0.3 is 0 Å². The minimum absolute atomic E-state index is 0. The van der Waals surface area contributed by atoms with Crippen LogP contribution in [0.5, 0.6) is 0 Å². The SMILES string of the molecule is CN=C(NCCc1ccc(C)cc1)NC1CC2CCC1O2.I. The number of benzene rings is 1. The number of aryl methyl sites for hydroxylation is 1. The second kappa shape index (κ2) is 8.15. The highest BCUT2D eigenvalue weighted by molar-refractivity contribution is 14.0. The van der Waals surface area contributed by atoms with Crippen LogP contribution < -0.4 is 10.6 Å². The smallest absolute Gasteiger partial charge is 0.191 e. The Hall–Kier alpha value is -0.820. The summed E-state index contributed by atoms with van der Waals surface area (Å²) >= 11 is 0. The van der Waals surface area contributed by atoms with Crippen LogP contribution in [0.25, 0.3) is 0 Å². The second-order valence-corrected chi connectivity index (χ2v) is 6.10. The zero-order valence-corrected chi connectivity index (χ0v) is 15.7. The zero-order chi connectivity index (χ0) is 14.7. The van der Waals surface area contributed by atoms with Gasteiger partial charge in [0.15, 0.2) is 5.96 Å². The number of halogens is 1. The molecule has 0 radical (unpaired) electrons. The summed E-state index contributed by atoms with van der Waals surface area (Å²) in [6.07, 6.45) is 5.38. The molecule has 4 nitrogen and oxygen atoms in total. The van der Waals surface area contributed by atoms with Crippen LogP contribution in [0.4, 0.5) is 0 Å². The van der Waals surface area contributed by atoms with E-state index in [0.29, 0.717) is 18.2 Å². The number of nitrogens with zero attached hydrogens (tertiary/aromatic N) is 1. The van der Waals surface area contributed by atoms with Gasteiger partial charge in [-0.15, -0.1) is 24.0 Å². The zero-order valence-electron chi connectivity index (χ0n) is 13.3. The van der Waals surface area contributed by atoms with Crippen LogP contribution in [0.15, 0.2) is 29.3 Å². The van der Waals surface area contributed by atoms with Crippen molar-refractivity contribution in [2.75, 3.05) is 13.6 Å². The first-order valence-electron chi connectivity index (χ1n) is 7.93. The molecule has 3 atom stereocenters. The van der Waals surface area contributed by atoms with Crippen molar-refractivity contribution >= 4 is 29.9 Å². The Labute approximate surface area is 150 Å². The molecule has 3 rings (SSSR count). The number of aliphatic imine (C=N–C) groups is 1. The molecule has 122 valence electrons. The summed E-state index contributed by atoms with van der Waals surface area (Å²) in [5.41, 5.74) is 2.66. The summed E-state index contributed by atoms with van der Waals surface area (Å²) in [6, 6.07) is 9.13. The van der Waals surface area contributed by atoms with Crippen molar-refractivity contribution in [2.45, 2.75) is 50.9 Å². The lowest BCUT2D eigenvalue weighted by molar-refractivity contribution is 0.0992. The highest BCUT2D eigenvalue weighted by atomic mass is 127. The van der Waals surface area contributed by atoms with Crippen molar-refractivity contribution in [2.24, 2.45) is 4.99 Å². The van der Waals surface area contributed by atoms with Gasteiger partial charge in [-0.05, 0) is 38.2 Å². The first-order valence-corrected chi connectivity index (χ1v) is 7.93. The van der Waals surface area contributed by atoms with E-state index >= 15 is 0 Å². The number of hydrogen-bond acceptors (Lipinski definition) is 2. The van der Waals surface area contributed by atoms with Crippen LogP contribution in [-0.2, 0) is 11.2 Å². The number of fused-ring (bicyclic) bond motifs is 2. The molecular weight excluding hydrogens is 389 g/mol. The van der Waals surface area contributed by atoms with Gasteiger partial charge in [0.2, 0.25) is 0 Å². The summed E-state index contributed by atoms with van der Waals surface area (Å²) in [6.45, 7) is 3.01. The highest BCUT2D eigenvalue weighted by Crippen LogP contribution is 2.34. The van der Waals surface area contributed by atoms with Crippen molar-refractivity contribution < 1.29 is 4.74 Å².